The highest BCUT2D eigenvalue weighted by molar-refractivity contribution is 7.79. The number of rotatable bonds is 10. The predicted octanol–water partition coefficient (Wildman–Crippen LogP) is 4.70. The lowest BCUT2D eigenvalue weighted by Crippen LogP contribution is -2.27. The van der Waals surface area contributed by atoms with E-state index in [2.05, 4.69) is 18.7 Å². The van der Waals surface area contributed by atoms with E-state index in [9.17, 15) is 18.7 Å². The highest BCUT2D eigenvalue weighted by Gasteiger charge is 2.20. The summed E-state index contributed by atoms with van der Waals surface area (Å²) in [6.07, 6.45) is 3.90. The maximum absolute atomic E-state index is 12.0. The predicted molar refractivity (Wildman–Crippen MR) is 108 cm³/mol. The minimum atomic E-state index is -2.55. The Hall–Kier alpha value is -2.18. The summed E-state index contributed by atoms with van der Waals surface area (Å²) in [7, 11) is 0. The van der Waals surface area contributed by atoms with Gasteiger partial charge in [-0.1, -0.05) is 57.0 Å². The molecule has 0 aromatic heterocycles. The van der Waals surface area contributed by atoms with Crippen LogP contribution in [0.4, 0.5) is 5.69 Å². The summed E-state index contributed by atoms with van der Waals surface area (Å²) in [6, 6.07) is 12.1. The molecule has 1 atom stereocenters. The standard InChI is InChI=1S/C21H27NO4S/c1-3-5-12-22(13-6-4-2)18-14-17(21(23)24)15-19(27(25)26)20(18)16-10-8-7-9-11-16/h7-11,14-15H,3-6,12-13H2,1-2H3,(H,23,24)(H,25,26)/p-1. The summed E-state index contributed by atoms with van der Waals surface area (Å²) in [5, 5.41) is 9.49. The number of carboxylic acids is 1. The molecule has 5 nitrogen and oxygen atoms in total. The monoisotopic (exact) mass is 388 g/mol. The Kier molecular flexibility index (Phi) is 8.00. The van der Waals surface area contributed by atoms with Crippen molar-refractivity contribution in [1.82, 2.24) is 0 Å². The lowest BCUT2D eigenvalue weighted by molar-refractivity contribution is 0.0696. The molecule has 0 aliphatic rings. The fraction of sp³-hybridized carbons (Fsp3) is 0.381. The average molecular weight is 389 g/mol. The second-order valence-electron chi connectivity index (χ2n) is 6.47. The molecule has 2 aromatic carbocycles. The Morgan fingerprint density at radius 1 is 1.07 bits per heavy atom. The van der Waals surface area contributed by atoms with Gasteiger partial charge in [-0.3, -0.25) is 4.21 Å². The molecule has 27 heavy (non-hydrogen) atoms. The molecule has 0 fully saturated rings. The summed E-state index contributed by atoms with van der Waals surface area (Å²) < 4.78 is 23.9. The van der Waals surface area contributed by atoms with Crippen molar-refractivity contribution in [2.24, 2.45) is 0 Å². The number of hydrogen-bond donors (Lipinski definition) is 1. The number of carboxylic acid groups (broad SMARTS) is 1. The van der Waals surface area contributed by atoms with Gasteiger partial charge < -0.3 is 14.6 Å². The zero-order valence-electron chi connectivity index (χ0n) is 15.8. The number of nitrogens with zero attached hydrogens (tertiary/aromatic N) is 1. The third kappa shape index (κ3) is 5.40. The van der Waals surface area contributed by atoms with Crippen LogP contribution in [0.25, 0.3) is 11.1 Å². The average Bonchev–Trinajstić information content (AvgIpc) is 2.67. The van der Waals surface area contributed by atoms with Gasteiger partial charge in [-0.2, -0.15) is 0 Å². The lowest BCUT2D eigenvalue weighted by atomic mass is 9.99. The molecular formula is C21H26NO4S-. The third-order valence-electron chi connectivity index (χ3n) is 4.47. The summed E-state index contributed by atoms with van der Waals surface area (Å²) in [6.45, 7) is 5.71. The van der Waals surface area contributed by atoms with E-state index in [4.69, 9.17) is 0 Å². The first kappa shape index (κ1) is 21.1. The molecule has 6 heteroatoms. The number of hydrogen-bond acceptors (Lipinski definition) is 4. The van der Waals surface area contributed by atoms with Gasteiger partial charge in [-0.25, -0.2) is 4.79 Å². The fourth-order valence-corrected chi connectivity index (χ4v) is 3.66. The topological polar surface area (TPSA) is 80.7 Å². The number of aromatic carboxylic acids is 1. The van der Waals surface area contributed by atoms with E-state index in [0.29, 0.717) is 11.3 Å². The summed E-state index contributed by atoms with van der Waals surface area (Å²) in [5.41, 5.74) is 1.99. The van der Waals surface area contributed by atoms with Gasteiger partial charge in [-0.15, -0.1) is 0 Å². The molecule has 0 bridgehead atoms. The number of carbonyl (C=O) groups is 1. The van der Waals surface area contributed by atoms with Crippen LogP contribution in [0.2, 0.25) is 0 Å². The zero-order valence-corrected chi connectivity index (χ0v) is 16.6. The van der Waals surface area contributed by atoms with E-state index in [1.54, 1.807) is 6.07 Å². The quantitative estimate of drug-likeness (QED) is 0.597. The third-order valence-corrected chi connectivity index (χ3v) is 5.16. The Morgan fingerprint density at radius 3 is 2.15 bits per heavy atom. The lowest BCUT2D eigenvalue weighted by Gasteiger charge is -2.29. The molecule has 1 unspecified atom stereocenters. The number of anilines is 1. The van der Waals surface area contributed by atoms with E-state index in [0.717, 1.165) is 44.3 Å². The van der Waals surface area contributed by atoms with Crippen molar-refractivity contribution in [2.75, 3.05) is 18.0 Å². The largest absolute Gasteiger partial charge is 0.768 e. The molecule has 1 N–H and O–H groups in total. The van der Waals surface area contributed by atoms with Gasteiger partial charge in [0.05, 0.1) is 5.56 Å². The fourth-order valence-electron chi connectivity index (χ4n) is 3.05. The molecule has 0 saturated heterocycles. The SMILES string of the molecule is CCCCN(CCCC)c1cc(C(=O)O)cc(S(=O)[O-])c1-c1ccccc1. The number of unbranched alkanes of at least 4 members (excludes halogenated alkanes) is 2. The Balaban J connectivity index is 2.73. The maximum Gasteiger partial charge on any atom is 0.335 e. The van der Waals surface area contributed by atoms with Gasteiger partial charge >= 0.3 is 5.97 Å². The van der Waals surface area contributed by atoms with Crippen molar-refractivity contribution in [1.29, 1.82) is 0 Å². The molecule has 2 aromatic rings. The minimum absolute atomic E-state index is 0.0121. The van der Waals surface area contributed by atoms with Gasteiger partial charge in [0, 0.05) is 29.2 Å². The smallest absolute Gasteiger partial charge is 0.335 e. The van der Waals surface area contributed by atoms with Crippen molar-refractivity contribution >= 4 is 22.7 Å². The minimum Gasteiger partial charge on any atom is -0.768 e. The van der Waals surface area contributed by atoms with Gasteiger partial charge in [0.15, 0.2) is 0 Å². The normalized spacial score (nSPS) is 12.0. The van der Waals surface area contributed by atoms with E-state index in [1.165, 1.54) is 6.07 Å². The van der Waals surface area contributed by atoms with Gasteiger partial charge in [0.1, 0.15) is 0 Å². The van der Waals surface area contributed by atoms with E-state index >= 15 is 0 Å². The van der Waals surface area contributed by atoms with Crippen LogP contribution in [0.15, 0.2) is 47.4 Å². The first-order valence-corrected chi connectivity index (χ1v) is 10.4. The van der Waals surface area contributed by atoms with E-state index < -0.39 is 17.0 Å². The second-order valence-corrected chi connectivity index (χ2v) is 7.38. The van der Waals surface area contributed by atoms with Crippen LogP contribution in [0.5, 0.6) is 0 Å². The van der Waals surface area contributed by atoms with Crippen molar-refractivity contribution in [3.05, 3.63) is 48.0 Å². The van der Waals surface area contributed by atoms with E-state index in [1.807, 2.05) is 30.3 Å². The summed E-state index contributed by atoms with van der Waals surface area (Å²) in [4.78, 5) is 13.8. The number of benzene rings is 2. The molecule has 0 aliphatic heterocycles. The van der Waals surface area contributed by atoms with E-state index in [-0.39, 0.29) is 10.5 Å². The van der Waals surface area contributed by atoms with Crippen molar-refractivity contribution in [2.45, 2.75) is 44.4 Å². The van der Waals surface area contributed by atoms with Crippen LogP contribution < -0.4 is 4.90 Å². The Labute approximate surface area is 163 Å². The highest BCUT2D eigenvalue weighted by Crippen LogP contribution is 2.37. The second kappa shape index (κ2) is 10.2. The first-order chi connectivity index (χ1) is 13.0. The van der Waals surface area contributed by atoms with Crippen LogP contribution >= 0.6 is 0 Å². The van der Waals surface area contributed by atoms with Crippen LogP contribution in [0.3, 0.4) is 0 Å². The molecule has 2 rings (SSSR count). The molecular weight excluding hydrogens is 362 g/mol. The molecule has 0 aliphatic carbocycles. The highest BCUT2D eigenvalue weighted by atomic mass is 32.2. The van der Waals surface area contributed by atoms with Crippen molar-refractivity contribution < 1.29 is 18.7 Å². The van der Waals surface area contributed by atoms with Crippen LogP contribution in [-0.2, 0) is 11.1 Å². The van der Waals surface area contributed by atoms with Gasteiger partial charge in [0.2, 0.25) is 0 Å². The zero-order chi connectivity index (χ0) is 19.8. The van der Waals surface area contributed by atoms with Gasteiger partial charge in [-0.05, 0) is 41.6 Å². The first-order valence-electron chi connectivity index (χ1n) is 9.30. The summed E-state index contributed by atoms with van der Waals surface area (Å²) >= 11 is -2.55. The van der Waals surface area contributed by atoms with Gasteiger partial charge in [0.25, 0.3) is 0 Å². The molecule has 146 valence electrons. The molecule has 0 spiro atoms. The van der Waals surface area contributed by atoms with Crippen molar-refractivity contribution in [3.8, 4) is 11.1 Å². The maximum atomic E-state index is 12.0. The Morgan fingerprint density at radius 2 is 1.67 bits per heavy atom. The van der Waals surface area contributed by atoms with Crippen LogP contribution in [0, 0.1) is 0 Å². The van der Waals surface area contributed by atoms with Crippen LogP contribution in [0.1, 0.15) is 49.9 Å². The van der Waals surface area contributed by atoms with Crippen LogP contribution in [-0.4, -0.2) is 32.9 Å². The molecule has 0 saturated carbocycles. The molecule has 0 amide bonds. The molecule has 0 heterocycles. The summed E-state index contributed by atoms with van der Waals surface area (Å²) in [5.74, 6) is -1.13. The molecule has 0 radical (unpaired) electrons. The Bertz CT molecular complexity index is 784. The van der Waals surface area contributed by atoms with Crippen molar-refractivity contribution in [3.63, 3.8) is 0 Å².